The SMILES string of the molecule is CCn1c(SCCOc2ccc(OC)cc2)nnc1[C@H](C)Oc1ccccc1. The molecular weight excluding hydrogens is 374 g/mol. The predicted octanol–water partition coefficient (Wildman–Crippen LogP) is 4.62. The van der Waals surface area contributed by atoms with E-state index in [1.807, 2.05) is 61.5 Å². The molecule has 0 bridgehead atoms. The molecule has 0 aliphatic rings. The van der Waals surface area contributed by atoms with Crippen molar-refractivity contribution in [1.29, 1.82) is 0 Å². The summed E-state index contributed by atoms with van der Waals surface area (Å²) in [6, 6.07) is 17.3. The van der Waals surface area contributed by atoms with E-state index in [-0.39, 0.29) is 6.10 Å². The van der Waals surface area contributed by atoms with Gasteiger partial charge < -0.3 is 18.8 Å². The standard InChI is InChI=1S/C21H25N3O3S/c1-4-24-20(16(2)27-19-8-6-5-7-9-19)22-23-21(24)28-15-14-26-18-12-10-17(25-3)11-13-18/h5-13,16H,4,14-15H2,1-3H3/t16-/m0/s1. The second-order valence-corrected chi connectivity index (χ2v) is 7.09. The summed E-state index contributed by atoms with van der Waals surface area (Å²) < 4.78 is 19.0. The van der Waals surface area contributed by atoms with Crippen LogP contribution in [-0.4, -0.2) is 34.2 Å². The monoisotopic (exact) mass is 399 g/mol. The van der Waals surface area contributed by atoms with Crippen LogP contribution in [0, 0.1) is 0 Å². The minimum Gasteiger partial charge on any atom is -0.497 e. The van der Waals surface area contributed by atoms with Crippen LogP contribution in [-0.2, 0) is 6.54 Å². The second kappa shape index (κ2) is 10.0. The predicted molar refractivity (Wildman–Crippen MR) is 110 cm³/mol. The molecule has 2 aromatic carbocycles. The van der Waals surface area contributed by atoms with Crippen molar-refractivity contribution in [3.05, 3.63) is 60.4 Å². The van der Waals surface area contributed by atoms with Gasteiger partial charge in [0.25, 0.3) is 0 Å². The molecule has 1 heterocycles. The van der Waals surface area contributed by atoms with Gasteiger partial charge in [-0.15, -0.1) is 10.2 Å². The van der Waals surface area contributed by atoms with Crippen LogP contribution in [0.25, 0.3) is 0 Å². The highest BCUT2D eigenvalue weighted by Crippen LogP contribution is 2.24. The highest BCUT2D eigenvalue weighted by atomic mass is 32.2. The lowest BCUT2D eigenvalue weighted by Gasteiger charge is -2.15. The van der Waals surface area contributed by atoms with Gasteiger partial charge in [-0.1, -0.05) is 30.0 Å². The molecule has 0 aliphatic carbocycles. The smallest absolute Gasteiger partial charge is 0.191 e. The van der Waals surface area contributed by atoms with Crippen LogP contribution >= 0.6 is 11.8 Å². The quantitative estimate of drug-likeness (QED) is 0.366. The molecule has 0 aliphatic heterocycles. The van der Waals surface area contributed by atoms with Gasteiger partial charge in [0.1, 0.15) is 17.2 Å². The van der Waals surface area contributed by atoms with Gasteiger partial charge in [-0.05, 0) is 50.2 Å². The van der Waals surface area contributed by atoms with Crippen LogP contribution < -0.4 is 14.2 Å². The van der Waals surface area contributed by atoms with Gasteiger partial charge in [-0.25, -0.2) is 0 Å². The normalized spacial score (nSPS) is 11.8. The molecule has 3 rings (SSSR count). The summed E-state index contributed by atoms with van der Waals surface area (Å²) in [6.45, 7) is 5.44. The molecule has 0 unspecified atom stereocenters. The summed E-state index contributed by atoms with van der Waals surface area (Å²) in [5.41, 5.74) is 0. The molecule has 28 heavy (non-hydrogen) atoms. The molecule has 7 heteroatoms. The molecule has 3 aromatic rings. The fourth-order valence-corrected chi connectivity index (χ4v) is 3.55. The van der Waals surface area contributed by atoms with E-state index in [9.17, 15) is 0 Å². The number of ether oxygens (including phenoxy) is 3. The van der Waals surface area contributed by atoms with Crippen molar-refractivity contribution in [3.8, 4) is 17.2 Å². The van der Waals surface area contributed by atoms with Crippen LogP contribution in [0.5, 0.6) is 17.2 Å². The Morgan fingerprint density at radius 1 is 0.964 bits per heavy atom. The molecule has 0 saturated heterocycles. The van der Waals surface area contributed by atoms with Gasteiger partial charge >= 0.3 is 0 Å². The van der Waals surface area contributed by atoms with Gasteiger partial charge in [-0.3, -0.25) is 0 Å². The second-order valence-electron chi connectivity index (χ2n) is 6.03. The Morgan fingerprint density at radius 3 is 2.36 bits per heavy atom. The lowest BCUT2D eigenvalue weighted by molar-refractivity contribution is 0.210. The van der Waals surface area contributed by atoms with Crippen molar-refractivity contribution in [1.82, 2.24) is 14.8 Å². The Kier molecular flexibility index (Phi) is 7.19. The number of aromatic nitrogens is 3. The third-order valence-electron chi connectivity index (χ3n) is 4.12. The average Bonchev–Trinajstić information content (AvgIpc) is 3.15. The molecule has 0 spiro atoms. The lowest BCUT2D eigenvalue weighted by atomic mass is 10.3. The largest absolute Gasteiger partial charge is 0.497 e. The minimum absolute atomic E-state index is 0.181. The van der Waals surface area contributed by atoms with Crippen LogP contribution in [0.2, 0.25) is 0 Å². The van der Waals surface area contributed by atoms with E-state index < -0.39 is 0 Å². The number of nitrogens with zero attached hydrogens (tertiary/aromatic N) is 3. The van der Waals surface area contributed by atoms with Gasteiger partial charge in [0.05, 0.1) is 13.7 Å². The number of thioether (sulfide) groups is 1. The van der Waals surface area contributed by atoms with Crippen molar-refractivity contribution in [2.24, 2.45) is 0 Å². The molecule has 6 nitrogen and oxygen atoms in total. The lowest BCUT2D eigenvalue weighted by Crippen LogP contribution is -2.12. The number of methoxy groups -OCH3 is 1. The first kappa shape index (κ1) is 20.1. The summed E-state index contributed by atoms with van der Waals surface area (Å²) in [5, 5.41) is 9.57. The molecule has 0 fully saturated rings. The summed E-state index contributed by atoms with van der Waals surface area (Å²) in [7, 11) is 1.65. The topological polar surface area (TPSA) is 58.4 Å². The number of benzene rings is 2. The van der Waals surface area contributed by atoms with Gasteiger partial charge in [0, 0.05) is 12.3 Å². The fourth-order valence-electron chi connectivity index (χ4n) is 2.73. The zero-order chi connectivity index (χ0) is 19.8. The first-order valence-corrected chi connectivity index (χ1v) is 10.2. The summed E-state index contributed by atoms with van der Waals surface area (Å²) in [6.07, 6.45) is -0.181. The van der Waals surface area contributed by atoms with Gasteiger partial charge in [0.2, 0.25) is 0 Å². The van der Waals surface area contributed by atoms with Crippen LogP contribution in [0.15, 0.2) is 59.8 Å². The molecule has 0 amide bonds. The Bertz CT molecular complexity index is 853. The van der Waals surface area contributed by atoms with E-state index >= 15 is 0 Å². The Hall–Kier alpha value is -2.67. The van der Waals surface area contributed by atoms with Crippen molar-refractivity contribution in [2.75, 3.05) is 19.5 Å². The molecule has 0 radical (unpaired) electrons. The first-order valence-electron chi connectivity index (χ1n) is 9.25. The van der Waals surface area contributed by atoms with E-state index in [2.05, 4.69) is 21.7 Å². The summed E-state index contributed by atoms with van der Waals surface area (Å²) >= 11 is 1.63. The maximum Gasteiger partial charge on any atom is 0.191 e. The average molecular weight is 400 g/mol. The van der Waals surface area contributed by atoms with E-state index in [0.29, 0.717) is 6.61 Å². The third kappa shape index (κ3) is 5.19. The highest BCUT2D eigenvalue weighted by molar-refractivity contribution is 7.99. The van der Waals surface area contributed by atoms with Crippen molar-refractivity contribution < 1.29 is 14.2 Å². The summed E-state index contributed by atoms with van der Waals surface area (Å²) in [4.78, 5) is 0. The van der Waals surface area contributed by atoms with Crippen LogP contribution in [0.3, 0.4) is 0 Å². The van der Waals surface area contributed by atoms with Crippen LogP contribution in [0.4, 0.5) is 0 Å². The zero-order valence-electron chi connectivity index (χ0n) is 16.4. The molecule has 0 saturated carbocycles. The molecule has 1 aromatic heterocycles. The number of para-hydroxylation sites is 1. The van der Waals surface area contributed by atoms with Crippen molar-refractivity contribution in [2.45, 2.75) is 31.7 Å². The third-order valence-corrected chi connectivity index (χ3v) is 5.06. The Labute approximate surface area is 169 Å². The number of hydrogen-bond acceptors (Lipinski definition) is 6. The van der Waals surface area contributed by atoms with Crippen LogP contribution in [0.1, 0.15) is 25.8 Å². The molecular formula is C21H25N3O3S. The summed E-state index contributed by atoms with van der Waals surface area (Å²) in [5.74, 6) is 4.06. The van der Waals surface area contributed by atoms with E-state index in [1.165, 1.54) is 0 Å². The van der Waals surface area contributed by atoms with E-state index in [0.717, 1.165) is 40.5 Å². The van der Waals surface area contributed by atoms with Gasteiger partial charge in [0.15, 0.2) is 17.1 Å². The minimum atomic E-state index is -0.181. The Balaban J connectivity index is 1.54. The van der Waals surface area contributed by atoms with Crippen molar-refractivity contribution >= 4 is 11.8 Å². The van der Waals surface area contributed by atoms with E-state index in [4.69, 9.17) is 14.2 Å². The van der Waals surface area contributed by atoms with Gasteiger partial charge in [-0.2, -0.15) is 0 Å². The van der Waals surface area contributed by atoms with E-state index in [1.54, 1.807) is 18.9 Å². The van der Waals surface area contributed by atoms with Crippen molar-refractivity contribution in [3.63, 3.8) is 0 Å². The zero-order valence-corrected chi connectivity index (χ0v) is 17.2. The maximum atomic E-state index is 5.99. The molecule has 0 N–H and O–H groups in total. The first-order chi connectivity index (χ1) is 13.7. The highest BCUT2D eigenvalue weighted by Gasteiger charge is 2.18. The fraction of sp³-hybridized carbons (Fsp3) is 0.333. The number of hydrogen-bond donors (Lipinski definition) is 0. The number of rotatable bonds is 10. The molecule has 1 atom stereocenters. The Morgan fingerprint density at radius 2 is 1.68 bits per heavy atom. The molecule has 148 valence electrons. The maximum absolute atomic E-state index is 5.99.